The average molecular weight is 160 g/mol. The molecular formula is C4H8OSr. The van der Waals surface area contributed by atoms with Gasteiger partial charge in [-0.25, -0.2) is 0 Å². The molecular weight excluding hydrogens is 152 g/mol. The second-order valence-corrected chi connectivity index (χ2v) is 1.27. The maximum Gasteiger partial charge on any atom is 2.00 e. The maximum atomic E-state index is 9.38. The quantitative estimate of drug-likeness (QED) is 0.402. The van der Waals surface area contributed by atoms with Crippen molar-refractivity contribution in [1.29, 1.82) is 0 Å². The standard InChI is InChI=1S/C4H7O.Sr.H/c1-4(2)3-5;;/h4H,1-2H3;;/q-1;+2;-1. The first-order valence-corrected chi connectivity index (χ1v) is 1.65. The van der Waals surface area contributed by atoms with E-state index in [-0.39, 0.29) is 52.8 Å². The van der Waals surface area contributed by atoms with Crippen LogP contribution in [-0.2, 0) is 4.79 Å². The first-order valence-electron chi connectivity index (χ1n) is 1.65. The summed E-state index contributed by atoms with van der Waals surface area (Å²) in [6.45, 7) is 3.60. The molecule has 0 aromatic rings. The Morgan fingerprint density at radius 1 is 1.67 bits per heavy atom. The summed E-state index contributed by atoms with van der Waals surface area (Å²) in [7, 11) is 0. The monoisotopic (exact) mass is 160 g/mol. The number of carbonyl (C=O) groups excluding carboxylic acids is 1. The van der Waals surface area contributed by atoms with Crippen LogP contribution in [0.3, 0.4) is 0 Å². The molecule has 0 amide bonds. The van der Waals surface area contributed by atoms with Crippen LogP contribution in [0.5, 0.6) is 0 Å². The van der Waals surface area contributed by atoms with E-state index in [1.54, 1.807) is 20.1 Å². The molecule has 0 rings (SSSR count). The van der Waals surface area contributed by atoms with Crippen LogP contribution in [0, 0.1) is 5.92 Å². The van der Waals surface area contributed by atoms with Gasteiger partial charge in [-0.15, -0.1) is 5.92 Å². The number of hydrogen-bond donors (Lipinski definition) is 0. The predicted octanol–water partition coefficient (Wildman–Crippen LogP) is 0.484. The zero-order valence-corrected chi connectivity index (χ0v) is 7.67. The summed E-state index contributed by atoms with van der Waals surface area (Å²) in [6, 6.07) is 0. The Morgan fingerprint density at radius 2 is 1.83 bits per heavy atom. The molecule has 32 valence electrons. The molecule has 0 radical (unpaired) electrons. The van der Waals surface area contributed by atoms with Gasteiger partial charge in [0, 0.05) is 0 Å². The molecule has 0 aromatic heterocycles. The van der Waals surface area contributed by atoms with Crippen LogP contribution in [0.15, 0.2) is 0 Å². The van der Waals surface area contributed by atoms with Crippen LogP contribution in [-0.4, -0.2) is 51.8 Å². The van der Waals surface area contributed by atoms with E-state index in [4.69, 9.17) is 0 Å². The summed E-state index contributed by atoms with van der Waals surface area (Å²) in [5, 5.41) is 0. The van der Waals surface area contributed by atoms with Gasteiger partial charge < -0.3 is 6.22 Å². The smallest absolute Gasteiger partial charge is 1.00 e. The van der Waals surface area contributed by atoms with Gasteiger partial charge >= 0.3 is 45.5 Å². The van der Waals surface area contributed by atoms with Crippen molar-refractivity contribution < 1.29 is 6.22 Å². The Balaban J connectivity index is -0.0000000800. The van der Waals surface area contributed by atoms with E-state index in [1.807, 2.05) is 0 Å². The van der Waals surface area contributed by atoms with Crippen LogP contribution in [0.1, 0.15) is 15.3 Å². The van der Waals surface area contributed by atoms with E-state index in [2.05, 4.69) is 0 Å². The molecule has 0 aliphatic carbocycles. The van der Waals surface area contributed by atoms with Crippen molar-refractivity contribution in [3.63, 3.8) is 0 Å². The van der Waals surface area contributed by atoms with E-state index in [0.29, 0.717) is 0 Å². The molecule has 0 aliphatic rings. The molecule has 0 aliphatic heterocycles. The molecule has 0 heterocycles. The molecule has 1 nitrogen and oxygen atoms in total. The largest absolute Gasteiger partial charge is 2.00 e. The number of hydrogen-bond acceptors (Lipinski definition) is 1. The zero-order chi connectivity index (χ0) is 4.28. The Hall–Kier alpha value is 1.15. The van der Waals surface area contributed by atoms with Crippen LogP contribution in [0.25, 0.3) is 0 Å². The van der Waals surface area contributed by atoms with Crippen LogP contribution >= 0.6 is 0 Å². The van der Waals surface area contributed by atoms with E-state index in [9.17, 15) is 4.79 Å². The first-order chi connectivity index (χ1) is 2.27. The third kappa shape index (κ3) is 8.94. The molecule has 0 atom stereocenters. The molecule has 0 bridgehead atoms. The summed E-state index contributed by atoms with van der Waals surface area (Å²) in [5.41, 5.74) is 0. The van der Waals surface area contributed by atoms with Crippen molar-refractivity contribution in [3.05, 3.63) is 0 Å². The SMILES string of the molecule is CC(C)[C-]=O.[H-].[Sr+2]. The van der Waals surface area contributed by atoms with Crippen molar-refractivity contribution in [2.45, 2.75) is 13.8 Å². The molecule has 0 spiro atoms. The van der Waals surface area contributed by atoms with E-state index in [1.165, 1.54) is 0 Å². The Labute approximate surface area is 76.9 Å². The molecule has 0 N–H and O–H groups in total. The Kier molecular flexibility index (Phi) is 10.5. The van der Waals surface area contributed by atoms with E-state index < -0.39 is 0 Å². The summed E-state index contributed by atoms with van der Waals surface area (Å²) >= 11 is 0. The summed E-state index contributed by atoms with van der Waals surface area (Å²) in [5.74, 6) is 0.0787. The average Bonchev–Trinajstić information content (AvgIpc) is 1.38. The fraction of sp³-hybridized carbons (Fsp3) is 0.750. The van der Waals surface area contributed by atoms with Gasteiger partial charge in [-0.05, 0) is 0 Å². The van der Waals surface area contributed by atoms with Crippen molar-refractivity contribution in [2.75, 3.05) is 0 Å². The molecule has 0 saturated carbocycles. The van der Waals surface area contributed by atoms with Crippen LogP contribution < -0.4 is 0 Å². The number of rotatable bonds is 1. The topological polar surface area (TPSA) is 17.1 Å². The normalized spacial score (nSPS) is 7.17. The molecule has 0 fully saturated rings. The third-order valence-corrected chi connectivity index (χ3v) is 0.236. The van der Waals surface area contributed by atoms with E-state index in [0.717, 1.165) is 0 Å². The molecule has 0 unspecified atom stereocenters. The van der Waals surface area contributed by atoms with Gasteiger partial charge in [0.15, 0.2) is 0 Å². The van der Waals surface area contributed by atoms with Gasteiger partial charge in [-0.3, -0.25) is 6.29 Å². The van der Waals surface area contributed by atoms with Gasteiger partial charge in [-0.2, -0.15) is 0 Å². The predicted molar refractivity (Wildman–Crippen MR) is 27.4 cm³/mol. The fourth-order valence-electron chi connectivity index (χ4n) is 0. The minimum atomic E-state index is 0. The Bertz CT molecular complexity index is 38.7. The van der Waals surface area contributed by atoms with Gasteiger partial charge in [0.05, 0.1) is 0 Å². The zero-order valence-electron chi connectivity index (χ0n) is 5.19. The second-order valence-electron chi connectivity index (χ2n) is 1.27. The van der Waals surface area contributed by atoms with Crippen molar-refractivity contribution >= 4 is 51.8 Å². The third-order valence-electron chi connectivity index (χ3n) is 0.236. The molecule has 6 heavy (non-hydrogen) atoms. The molecule has 0 saturated heterocycles. The minimum Gasteiger partial charge on any atom is -1.00 e. The van der Waals surface area contributed by atoms with E-state index >= 15 is 0 Å². The molecule has 2 heteroatoms. The van der Waals surface area contributed by atoms with Gasteiger partial charge in [0.1, 0.15) is 0 Å². The maximum absolute atomic E-state index is 9.38. The summed E-state index contributed by atoms with van der Waals surface area (Å²) < 4.78 is 0. The van der Waals surface area contributed by atoms with Gasteiger partial charge in [0.25, 0.3) is 0 Å². The Morgan fingerprint density at radius 3 is 1.83 bits per heavy atom. The van der Waals surface area contributed by atoms with Crippen molar-refractivity contribution in [3.8, 4) is 0 Å². The van der Waals surface area contributed by atoms with Gasteiger partial charge in [-0.1, -0.05) is 13.8 Å². The van der Waals surface area contributed by atoms with Gasteiger partial charge in [0.2, 0.25) is 0 Å². The van der Waals surface area contributed by atoms with Crippen molar-refractivity contribution in [1.82, 2.24) is 0 Å². The van der Waals surface area contributed by atoms with Crippen LogP contribution in [0.4, 0.5) is 0 Å². The summed E-state index contributed by atoms with van der Waals surface area (Å²) in [4.78, 5) is 9.38. The minimum absolute atomic E-state index is 0. The fourth-order valence-corrected chi connectivity index (χ4v) is 0. The molecule has 0 aromatic carbocycles. The summed E-state index contributed by atoms with van der Waals surface area (Å²) in [6.07, 6.45) is 1.78. The van der Waals surface area contributed by atoms with Crippen molar-refractivity contribution in [2.24, 2.45) is 5.92 Å². The first kappa shape index (κ1) is 10.2. The second kappa shape index (κ2) is 6.15. The van der Waals surface area contributed by atoms with Crippen LogP contribution in [0.2, 0.25) is 0 Å².